The van der Waals surface area contributed by atoms with Gasteiger partial charge in [0.05, 0.1) is 0 Å². The third kappa shape index (κ3) is 5.37. The number of aromatic nitrogens is 1. The van der Waals surface area contributed by atoms with Gasteiger partial charge in [-0.1, -0.05) is 0 Å². The molecule has 1 aromatic rings. The molecule has 0 spiro atoms. The predicted molar refractivity (Wildman–Crippen MR) is 63.2 cm³/mol. The van der Waals surface area contributed by atoms with Crippen molar-refractivity contribution in [2.45, 2.75) is 26.2 Å². The maximum Gasteiger partial charge on any atom is 0.0462 e. The first-order chi connectivity index (χ1) is 7.33. The molecule has 0 fully saturated rings. The number of methoxy groups -OCH3 is 1. The first kappa shape index (κ1) is 12.0. The van der Waals surface area contributed by atoms with Crippen molar-refractivity contribution in [3.8, 4) is 0 Å². The van der Waals surface area contributed by atoms with Crippen LogP contribution in [0, 0.1) is 6.92 Å². The molecule has 0 aliphatic carbocycles. The Labute approximate surface area is 91.9 Å². The van der Waals surface area contributed by atoms with Crippen LogP contribution in [0.15, 0.2) is 18.3 Å². The van der Waals surface area contributed by atoms with E-state index in [-0.39, 0.29) is 0 Å². The van der Waals surface area contributed by atoms with E-state index in [1.807, 2.05) is 19.2 Å². The average molecular weight is 208 g/mol. The van der Waals surface area contributed by atoms with Crippen LogP contribution >= 0.6 is 0 Å². The van der Waals surface area contributed by atoms with E-state index in [2.05, 4.69) is 16.4 Å². The predicted octanol–water partition coefficient (Wildman–Crippen LogP) is 2.62. The molecule has 0 saturated heterocycles. The third-order valence-electron chi connectivity index (χ3n) is 2.25. The maximum atomic E-state index is 4.99. The molecule has 0 amide bonds. The second-order valence-electron chi connectivity index (χ2n) is 3.67. The second kappa shape index (κ2) is 7.23. The molecule has 1 aromatic heterocycles. The van der Waals surface area contributed by atoms with Crippen LogP contribution < -0.4 is 5.32 Å². The molecule has 0 aliphatic rings. The smallest absolute Gasteiger partial charge is 0.0462 e. The number of aryl methyl sites for hydroxylation is 1. The largest absolute Gasteiger partial charge is 0.385 e. The van der Waals surface area contributed by atoms with E-state index < -0.39 is 0 Å². The van der Waals surface area contributed by atoms with E-state index in [9.17, 15) is 0 Å². The van der Waals surface area contributed by atoms with Gasteiger partial charge in [0.25, 0.3) is 0 Å². The fourth-order valence-corrected chi connectivity index (χ4v) is 1.44. The van der Waals surface area contributed by atoms with Crippen LogP contribution in [0.4, 0.5) is 5.69 Å². The molecule has 0 unspecified atom stereocenters. The van der Waals surface area contributed by atoms with E-state index >= 15 is 0 Å². The van der Waals surface area contributed by atoms with Crippen LogP contribution in [0.3, 0.4) is 0 Å². The Morgan fingerprint density at radius 2 is 2.20 bits per heavy atom. The van der Waals surface area contributed by atoms with E-state index in [4.69, 9.17) is 4.74 Å². The highest BCUT2D eigenvalue weighted by Gasteiger charge is 1.93. The molecule has 0 saturated carbocycles. The summed E-state index contributed by atoms with van der Waals surface area (Å²) in [5.74, 6) is 0. The van der Waals surface area contributed by atoms with Gasteiger partial charge < -0.3 is 10.1 Å². The minimum Gasteiger partial charge on any atom is -0.385 e. The van der Waals surface area contributed by atoms with Crippen molar-refractivity contribution >= 4 is 5.69 Å². The lowest BCUT2D eigenvalue weighted by atomic mass is 10.2. The van der Waals surface area contributed by atoms with Gasteiger partial charge in [-0.2, -0.15) is 0 Å². The molecular weight excluding hydrogens is 188 g/mol. The van der Waals surface area contributed by atoms with E-state index in [0.29, 0.717) is 0 Å². The lowest BCUT2D eigenvalue weighted by molar-refractivity contribution is 0.192. The van der Waals surface area contributed by atoms with Gasteiger partial charge in [-0.15, -0.1) is 0 Å². The van der Waals surface area contributed by atoms with Gasteiger partial charge in [-0.3, -0.25) is 4.98 Å². The molecular formula is C12H20N2O. The van der Waals surface area contributed by atoms with Crippen molar-refractivity contribution in [3.05, 3.63) is 24.0 Å². The number of pyridine rings is 1. The number of nitrogens with zero attached hydrogens (tertiary/aromatic N) is 1. The molecule has 0 aliphatic heterocycles. The summed E-state index contributed by atoms with van der Waals surface area (Å²) in [6.07, 6.45) is 5.38. The summed E-state index contributed by atoms with van der Waals surface area (Å²) in [5.41, 5.74) is 2.22. The summed E-state index contributed by atoms with van der Waals surface area (Å²) in [4.78, 5) is 4.15. The van der Waals surface area contributed by atoms with Gasteiger partial charge in [0.15, 0.2) is 0 Å². The molecule has 15 heavy (non-hydrogen) atoms. The Morgan fingerprint density at radius 1 is 1.33 bits per heavy atom. The van der Waals surface area contributed by atoms with Gasteiger partial charge in [-0.05, 0) is 38.3 Å². The van der Waals surface area contributed by atoms with E-state index in [1.54, 1.807) is 7.11 Å². The first-order valence-corrected chi connectivity index (χ1v) is 5.48. The second-order valence-corrected chi connectivity index (χ2v) is 3.67. The van der Waals surface area contributed by atoms with Crippen molar-refractivity contribution in [1.29, 1.82) is 0 Å². The molecule has 1 heterocycles. The Kier molecular flexibility index (Phi) is 5.78. The van der Waals surface area contributed by atoms with Crippen LogP contribution in [0.1, 0.15) is 25.0 Å². The highest BCUT2D eigenvalue weighted by molar-refractivity contribution is 5.42. The monoisotopic (exact) mass is 208 g/mol. The van der Waals surface area contributed by atoms with Gasteiger partial charge in [0, 0.05) is 37.8 Å². The maximum absolute atomic E-state index is 4.99. The zero-order valence-electron chi connectivity index (χ0n) is 9.62. The molecule has 0 radical (unpaired) electrons. The number of anilines is 1. The SMILES string of the molecule is COCCCCCNc1ccnc(C)c1. The quantitative estimate of drug-likeness (QED) is 0.699. The molecule has 1 N–H and O–H groups in total. The van der Waals surface area contributed by atoms with E-state index in [0.717, 1.165) is 31.0 Å². The van der Waals surface area contributed by atoms with Crippen LogP contribution in [0.25, 0.3) is 0 Å². The number of rotatable bonds is 7. The van der Waals surface area contributed by atoms with Crippen LogP contribution in [0.5, 0.6) is 0 Å². The minimum atomic E-state index is 0.869. The number of hydrogen-bond donors (Lipinski definition) is 1. The lowest BCUT2D eigenvalue weighted by Gasteiger charge is -2.06. The first-order valence-electron chi connectivity index (χ1n) is 5.48. The van der Waals surface area contributed by atoms with Gasteiger partial charge >= 0.3 is 0 Å². The summed E-state index contributed by atoms with van der Waals surface area (Å²) in [6.45, 7) is 3.89. The summed E-state index contributed by atoms with van der Waals surface area (Å²) in [6, 6.07) is 4.07. The van der Waals surface area contributed by atoms with Crippen LogP contribution in [0.2, 0.25) is 0 Å². The lowest BCUT2D eigenvalue weighted by Crippen LogP contribution is -2.02. The van der Waals surface area contributed by atoms with Crippen molar-refractivity contribution in [1.82, 2.24) is 4.98 Å². The molecule has 1 rings (SSSR count). The fourth-order valence-electron chi connectivity index (χ4n) is 1.44. The number of nitrogens with one attached hydrogen (secondary N) is 1. The molecule has 0 bridgehead atoms. The van der Waals surface area contributed by atoms with Gasteiger partial charge in [-0.25, -0.2) is 0 Å². The number of ether oxygens (including phenoxy) is 1. The highest BCUT2D eigenvalue weighted by atomic mass is 16.5. The number of hydrogen-bond acceptors (Lipinski definition) is 3. The van der Waals surface area contributed by atoms with Crippen molar-refractivity contribution in [2.75, 3.05) is 25.6 Å². The number of unbranched alkanes of at least 4 members (excludes halogenated alkanes) is 2. The van der Waals surface area contributed by atoms with Crippen LogP contribution in [-0.4, -0.2) is 25.2 Å². The molecule has 0 atom stereocenters. The molecule has 84 valence electrons. The Hall–Kier alpha value is -1.09. The van der Waals surface area contributed by atoms with Crippen LogP contribution in [-0.2, 0) is 4.74 Å². The molecule has 3 nitrogen and oxygen atoms in total. The molecule has 0 aromatic carbocycles. The summed E-state index contributed by atoms with van der Waals surface area (Å²) in [7, 11) is 1.75. The Morgan fingerprint density at radius 3 is 2.93 bits per heavy atom. The topological polar surface area (TPSA) is 34.1 Å². The van der Waals surface area contributed by atoms with Crippen molar-refractivity contribution in [2.24, 2.45) is 0 Å². The normalized spacial score (nSPS) is 10.3. The fraction of sp³-hybridized carbons (Fsp3) is 0.583. The van der Waals surface area contributed by atoms with Crippen molar-refractivity contribution < 1.29 is 4.74 Å². The standard InChI is InChI=1S/C12H20N2O/c1-11-10-12(6-8-13-11)14-7-4-3-5-9-15-2/h6,8,10H,3-5,7,9H2,1-2H3,(H,13,14). The van der Waals surface area contributed by atoms with Gasteiger partial charge in [0.1, 0.15) is 0 Å². The summed E-state index contributed by atoms with van der Waals surface area (Å²) < 4.78 is 4.99. The van der Waals surface area contributed by atoms with Gasteiger partial charge in [0.2, 0.25) is 0 Å². The zero-order chi connectivity index (χ0) is 10.9. The minimum absolute atomic E-state index is 0.869. The zero-order valence-corrected chi connectivity index (χ0v) is 9.62. The summed E-state index contributed by atoms with van der Waals surface area (Å²) >= 11 is 0. The third-order valence-corrected chi connectivity index (χ3v) is 2.25. The molecule has 3 heteroatoms. The Balaban J connectivity index is 2.10. The average Bonchev–Trinajstić information content (AvgIpc) is 2.23. The summed E-state index contributed by atoms with van der Waals surface area (Å²) in [5, 5.41) is 3.38. The van der Waals surface area contributed by atoms with E-state index in [1.165, 1.54) is 12.8 Å². The van der Waals surface area contributed by atoms with Crippen molar-refractivity contribution in [3.63, 3.8) is 0 Å². The highest BCUT2D eigenvalue weighted by Crippen LogP contribution is 2.07. The Bertz CT molecular complexity index is 276.